The van der Waals surface area contributed by atoms with E-state index in [1.165, 1.54) is 0 Å². The second-order valence-corrected chi connectivity index (χ2v) is 5.91. The van der Waals surface area contributed by atoms with Crippen molar-refractivity contribution in [2.24, 2.45) is 5.92 Å². The largest absolute Gasteiger partial charge is 0.396 e. The van der Waals surface area contributed by atoms with Crippen LogP contribution < -0.4 is 5.32 Å². The summed E-state index contributed by atoms with van der Waals surface area (Å²) >= 11 is 5.87. The fraction of sp³-hybridized carbons (Fsp3) is 0.375. The van der Waals surface area contributed by atoms with Crippen molar-refractivity contribution in [3.63, 3.8) is 0 Å². The Morgan fingerprint density at radius 3 is 2.59 bits per heavy atom. The number of carbonyl (C=O) groups excluding carboxylic acids is 1. The van der Waals surface area contributed by atoms with E-state index in [2.05, 4.69) is 10.4 Å². The number of nitrogens with one attached hydrogen (secondary N) is 1. The summed E-state index contributed by atoms with van der Waals surface area (Å²) in [5.74, 6) is -0.193. The molecule has 1 heterocycles. The van der Waals surface area contributed by atoms with Crippen LogP contribution in [-0.2, 0) is 0 Å². The van der Waals surface area contributed by atoms with Crippen LogP contribution in [0.15, 0.2) is 30.5 Å². The first-order valence-electron chi connectivity index (χ1n) is 7.16. The van der Waals surface area contributed by atoms with E-state index in [1.807, 2.05) is 26.0 Å². The zero-order valence-electron chi connectivity index (χ0n) is 12.9. The van der Waals surface area contributed by atoms with Gasteiger partial charge in [0.25, 0.3) is 5.91 Å². The van der Waals surface area contributed by atoms with E-state index in [0.29, 0.717) is 16.3 Å². The molecular weight excluding hydrogens is 302 g/mol. The number of aliphatic hydroxyl groups excluding tert-OH is 1. The van der Waals surface area contributed by atoms with Gasteiger partial charge in [-0.2, -0.15) is 5.10 Å². The Hall–Kier alpha value is -1.85. The molecule has 2 aromatic rings. The Kier molecular flexibility index (Phi) is 5.21. The van der Waals surface area contributed by atoms with Gasteiger partial charge in [-0.3, -0.25) is 4.79 Å². The maximum Gasteiger partial charge on any atom is 0.254 e. The first-order chi connectivity index (χ1) is 10.4. The van der Waals surface area contributed by atoms with E-state index in [1.54, 1.807) is 29.9 Å². The third-order valence-corrected chi connectivity index (χ3v) is 3.99. The Bertz CT molecular complexity index is 652. The highest BCUT2D eigenvalue weighted by atomic mass is 35.5. The molecular formula is C16H20ClN3O2. The van der Waals surface area contributed by atoms with Crippen molar-refractivity contribution in [3.8, 4) is 5.69 Å². The van der Waals surface area contributed by atoms with E-state index in [9.17, 15) is 4.79 Å². The molecule has 22 heavy (non-hydrogen) atoms. The van der Waals surface area contributed by atoms with Gasteiger partial charge in [0.1, 0.15) is 0 Å². The van der Waals surface area contributed by atoms with E-state index >= 15 is 0 Å². The number of aryl methyl sites for hydroxylation is 1. The minimum Gasteiger partial charge on any atom is -0.396 e. The smallest absolute Gasteiger partial charge is 0.254 e. The van der Waals surface area contributed by atoms with E-state index in [0.717, 1.165) is 5.69 Å². The first-order valence-corrected chi connectivity index (χ1v) is 7.54. The van der Waals surface area contributed by atoms with Gasteiger partial charge in [0.05, 0.1) is 16.9 Å². The fourth-order valence-electron chi connectivity index (χ4n) is 1.99. The van der Waals surface area contributed by atoms with E-state index in [-0.39, 0.29) is 24.5 Å². The Balaban J connectivity index is 2.19. The van der Waals surface area contributed by atoms with Gasteiger partial charge in [-0.05, 0) is 44.0 Å². The van der Waals surface area contributed by atoms with Gasteiger partial charge in [-0.1, -0.05) is 18.5 Å². The number of rotatable bonds is 5. The number of nitrogens with zero attached hydrogens (tertiary/aromatic N) is 2. The molecule has 2 atom stereocenters. The molecule has 0 radical (unpaired) electrons. The van der Waals surface area contributed by atoms with E-state index < -0.39 is 0 Å². The van der Waals surface area contributed by atoms with Crippen molar-refractivity contribution < 1.29 is 9.90 Å². The molecule has 0 aliphatic heterocycles. The molecule has 2 unspecified atom stereocenters. The summed E-state index contributed by atoms with van der Waals surface area (Å²) < 4.78 is 1.65. The van der Waals surface area contributed by atoms with Gasteiger partial charge in [0.2, 0.25) is 0 Å². The highest BCUT2D eigenvalue weighted by Crippen LogP contribution is 2.15. The monoisotopic (exact) mass is 321 g/mol. The molecule has 5 nitrogen and oxygen atoms in total. The van der Waals surface area contributed by atoms with Crippen LogP contribution in [-0.4, -0.2) is 33.4 Å². The molecule has 6 heteroatoms. The van der Waals surface area contributed by atoms with Gasteiger partial charge in [-0.15, -0.1) is 0 Å². The van der Waals surface area contributed by atoms with Crippen LogP contribution in [0.5, 0.6) is 0 Å². The summed E-state index contributed by atoms with van der Waals surface area (Å²) in [5, 5.41) is 17.0. The van der Waals surface area contributed by atoms with Crippen molar-refractivity contribution in [2.45, 2.75) is 26.8 Å². The van der Waals surface area contributed by atoms with Crippen LogP contribution in [0, 0.1) is 12.8 Å². The van der Waals surface area contributed by atoms with Gasteiger partial charge in [0.15, 0.2) is 0 Å². The van der Waals surface area contributed by atoms with Crippen molar-refractivity contribution in [1.82, 2.24) is 15.1 Å². The molecule has 0 fully saturated rings. The normalized spacial score (nSPS) is 13.7. The quantitative estimate of drug-likeness (QED) is 0.889. The third-order valence-electron chi connectivity index (χ3n) is 3.74. The second kappa shape index (κ2) is 6.94. The zero-order valence-corrected chi connectivity index (χ0v) is 13.6. The molecule has 1 amide bonds. The van der Waals surface area contributed by atoms with Crippen LogP contribution in [0.3, 0.4) is 0 Å². The number of benzene rings is 1. The summed E-state index contributed by atoms with van der Waals surface area (Å²) in [7, 11) is 0. The minimum atomic E-state index is -0.189. The molecule has 2 N–H and O–H groups in total. The van der Waals surface area contributed by atoms with Crippen LogP contribution in [0.25, 0.3) is 5.69 Å². The molecule has 1 aromatic carbocycles. The minimum absolute atomic E-state index is 0.00411. The second-order valence-electron chi connectivity index (χ2n) is 5.47. The summed E-state index contributed by atoms with van der Waals surface area (Å²) in [5.41, 5.74) is 2.01. The summed E-state index contributed by atoms with van der Waals surface area (Å²) in [6, 6.07) is 7.12. The lowest BCUT2D eigenvalue weighted by Gasteiger charge is -2.18. The predicted octanol–water partition coefficient (Wildman–Crippen LogP) is 2.58. The van der Waals surface area contributed by atoms with Crippen molar-refractivity contribution in [3.05, 3.63) is 46.7 Å². The average molecular weight is 322 g/mol. The lowest BCUT2D eigenvalue weighted by atomic mass is 10.0. The number of hydrogen-bond donors (Lipinski definition) is 2. The standard InChI is InChI=1S/C16H20ClN3O2/c1-10(9-21)11(2)18-16(22)15-8-20(19-12(15)3)14-6-4-13(17)5-7-14/h4-8,10-11,21H,9H2,1-3H3,(H,18,22). The molecule has 0 saturated carbocycles. The van der Waals surface area contributed by atoms with Gasteiger partial charge >= 0.3 is 0 Å². The molecule has 0 spiro atoms. The highest BCUT2D eigenvalue weighted by Gasteiger charge is 2.18. The first kappa shape index (κ1) is 16.5. The number of amides is 1. The van der Waals surface area contributed by atoms with Crippen LogP contribution in [0.1, 0.15) is 29.9 Å². The molecule has 118 valence electrons. The molecule has 0 saturated heterocycles. The SMILES string of the molecule is Cc1nn(-c2ccc(Cl)cc2)cc1C(=O)NC(C)C(C)CO. The Morgan fingerprint density at radius 2 is 2.00 bits per heavy atom. The maximum absolute atomic E-state index is 12.3. The Morgan fingerprint density at radius 1 is 1.36 bits per heavy atom. The van der Waals surface area contributed by atoms with E-state index in [4.69, 9.17) is 16.7 Å². The number of carbonyl (C=O) groups is 1. The molecule has 1 aromatic heterocycles. The number of aliphatic hydroxyl groups is 1. The Labute approximate surface area is 134 Å². The number of hydrogen-bond acceptors (Lipinski definition) is 3. The van der Waals surface area contributed by atoms with Gasteiger partial charge in [-0.25, -0.2) is 4.68 Å². The van der Waals surface area contributed by atoms with Gasteiger partial charge in [0, 0.05) is 23.9 Å². The van der Waals surface area contributed by atoms with Crippen molar-refractivity contribution in [2.75, 3.05) is 6.61 Å². The molecule has 0 aliphatic rings. The molecule has 2 rings (SSSR count). The predicted molar refractivity (Wildman–Crippen MR) is 86.5 cm³/mol. The van der Waals surface area contributed by atoms with Gasteiger partial charge < -0.3 is 10.4 Å². The topological polar surface area (TPSA) is 67.2 Å². The summed E-state index contributed by atoms with van der Waals surface area (Å²) in [6.45, 7) is 5.58. The summed E-state index contributed by atoms with van der Waals surface area (Å²) in [4.78, 5) is 12.3. The maximum atomic E-state index is 12.3. The van der Waals surface area contributed by atoms with Crippen molar-refractivity contribution >= 4 is 17.5 Å². The average Bonchev–Trinajstić information content (AvgIpc) is 2.89. The lowest BCUT2D eigenvalue weighted by molar-refractivity contribution is 0.0915. The summed E-state index contributed by atoms with van der Waals surface area (Å²) in [6.07, 6.45) is 1.70. The highest BCUT2D eigenvalue weighted by molar-refractivity contribution is 6.30. The number of aromatic nitrogens is 2. The third kappa shape index (κ3) is 3.67. The lowest BCUT2D eigenvalue weighted by Crippen LogP contribution is -2.38. The molecule has 0 aliphatic carbocycles. The van der Waals surface area contributed by atoms with Crippen molar-refractivity contribution in [1.29, 1.82) is 0 Å². The van der Waals surface area contributed by atoms with Crippen LogP contribution in [0.4, 0.5) is 0 Å². The number of halogens is 1. The van der Waals surface area contributed by atoms with Crippen LogP contribution >= 0.6 is 11.6 Å². The zero-order chi connectivity index (χ0) is 16.3. The van der Waals surface area contributed by atoms with Crippen LogP contribution in [0.2, 0.25) is 5.02 Å². The molecule has 0 bridgehead atoms. The fourth-order valence-corrected chi connectivity index (χ4v) is 2.12.